The van der Waals surface area contributed by atoms with Crippen LogP contribution in [0, 0.1) is 0 Å². The summed E-state index contributed by atoms with van der Waals surface area (Å²) < 4.78 is 5.01. The van der Waals surface area contributed by atoms with Gasteiger partial charge in [-0.3, -0.25) is 0 Å². The predicted molar refractivity (Wildman–Crippen MR) is 61.0 cm³/mol. The van der Waals surface area contributed by atoms with Gasteiger partial charge in [0.05, 0.1) is 6.61 Å². The van der Waals surface area contributed by atoms with Crippen LogP contribution in [-0.4, -0.2) is 23.8 Å². The van der Waals surface area contributed by atoms with Crippen molar-refractivity contribution in [3.05, 3.63) is 21.4 Å². The molecule has 1 aliphatic carbocycles. The first-order valence-corrected chi connectivity index (χ1v) is 6.30. The van der Waals surface area contributed by atoms with Gasteiger partial charge in [0.2, 0.25) is 0 Å². The Hall–Kier alpha value is -0.910. The number of hydroxylamine groups is 1. The predicted octanol–water partition coefficient (Wildman–Crippen LogP) is 1.76. The fraction of sp³-hybridized carbons (Fsp3) is 0.545. The van der Waals surface area contributed by atoms with Crippen molar-refractivity contribution in [3.8, 4) is 0 Å². The number of hydrogen-bond acceptors (Lipinski definition) is 5. The third kappa shape index (κ3) is 2.11. The van der Waals surface area contributed by atoms with Gasteiger partial charge < -0.3 is 9.94 Å². The topological polar surface area (TPSA) is 58.6 Å². The van der Waals surface area contributed by atoms with Crippen molar-refractivity contribution >= 4 is 17.3 Å². The second-order valence-corrected chi connectivity index (χ2v) is 4.74. The van der Waals surface area contributed by atoms with Crippen molar-refractivity contribution in [2.45, 2.75) is 32.2 Å². The van der Waals surface area contributed by atoms with E-state index in [4.69, 9.17) is 9.94 Å². The normalized spacial score (nSPS) is 19.2. The minimum Gasteiger partial charge on any atom is -0.462 e. The molecule has 1 aliphatic rings. The Balaban J connectivity index is 2.19. The van der Waals surface area contributed by atoms with Gasteiger partial charge >= 0.3 is 5.97 Å². The zero-order valence-electron chi connectivity index (χ0n) is 9.16. The lowest BCUT2D eigenvalue weighted by atomic mass is 9.90. The number of hydrogen-bond donors (Lipinski definition) is 2. The molecule has 0 spiro atoms. The Morgan fingerprint density at radius 2 is 2.56 bits per heavy atom. The quantitative estimate of drug-likeness (QED) is 0.625. The van der Waals surface area contributed by atoms with Gasteiger partial charge in [0, 0.05) is 6.04 Å². The summed E-state index contributed by atoms with van der Waals surface area (Å²) in [5.41, 5.74) is 4.56. The van der Waals surface area contributed by atoms with Gasteiger partial charge in [0.1, 0.15) is 4.88 Å². The third-order valence-electron chi connectivity index (χ3n) is 2.83. The van der Waals surface area contributed by atoms with Crippen molar-refractivity contribution in [2.24, 2.45) is 0 Å². The smallest absolute Gasteiger partial charge is 0.348 e. The molecule has 1 aromatic rings. The van der Waals surface area contributed by atoms with Gasteiger partial charge in [-0.05, 0) is 42.7 Å². The number of rotatable bonds is 3. The molecule has 88 valence electrons. The molecule has 5 heteroatoms. The molecule has 0 bridgehead atoms. The number of carbonyl (C=O) groups excluding carboxylic acids is 1. The molecule has 1 unspecified atom stereocenters. The maximum absolute atomic E-state index is 11.7. The van der Waals surface area contributed by atoms with Crippen molar-refractivity contribution in [1.82, 2.24) is 5.48 Å². The molecule has 0 radical (unpaired) electrons. The van der Waals surface area contributed by atoms with Gasteiger partial charge in [-0.1, -0.05) is 0 Å². The SMILES string of the molecule is CCOC(=O)c1scc2c1CCC(NO)C2. The van der Waals surface area contributed by atoms with Gasteiger partial charge in [-0.25, -0.2) is 10.3 Å². The number of fused-ring (bicyclic) bond motifs is 1. The van der Waals surface area contributed by atoms with Crippen LogP contribution in [-0.2, 0) is 17.6 Å². The van der Waals surface area contributed by atoms with E-state index in [1.807, 2.05) is 12.3 Å². The summed E-state index contributed by atoms with van der Waals surface area (Å²) in [4.78, 5) is 12.4. The first kappa shape index (κ1) is 11.6. The summed E-state index contributed by atoms with van der Waals surface area (Å²) in [6, 6.07) is 0.108. The van der Waals surface area contributed by atoms with Crippen molar-refractivity contribution in [3.63, 3.8) is 0 Å². The Morgan fingerprint density at radius 3 is 3.25 bits per heavy atom. The van der Waals surface area contributed by atoms with Crippen LogP contribution in [0.2, 0.25) is 0 Å². The number of carbonyl (C=O) groups is 1. The molecule has 0 amide bonds. The zero-order chi connectivity index (χ0) is 11.5. The second-order valence-electron chi connectivity index (χ2n) is 3.86. The Bertz CT molecular complexity index is 389. The maximum atomic E-state index is 11.7. The summed E-state index contributed by atoms with van der Waals surface area (Å²) in [6.45, 7) is 2.22. The number of esters is 1. The minimum absolute atomic E-state index is 0.108. The molecule has 0 aromatic carbocycles. The largest absolute Gasteiger partial charge is 0.462 e. The summed E-state index contributed by atoms with van der Waals surface area (Å²) in [5, 5.41) is 10.9. The molecular weight excluding hydrogens is 226 g/mol. The van der Waals surface area contributed by atoms with Crippen molar-refractivity contribution in [2.75, 3.05) is 6.61 Å². The van der Waals surface area contributed by atoms with E-state index >= 15 is 0 Å². The Kier molecular flexibility index (Phi) is 3.58. The highest BCUT2D eigenvalue weighted by molar-refractivity contribution is 7.12. The Morgan fingerprint density at radius 1 is 1.75 bits per heavy atom. The molecule has 0 saturated carbocycles. The van der Waals surface area contributed by atoms with Crippen LogP contribution in [0.3, 0.4) is 0 Å². The third-order valence-corrected chi connectivity index (χ3v) is 3.88. The van der Waals surface area contributed by atoms with E-state index in [0.29, 0.717) is 6.61 Å². The first-order chi connectivity index (χ1) is 7.76. The lowest BCUT2D eigenvalue weighted by Gasteiger charge is -2.21. The standard InChI is InChI=1S/C11H15NO3S/c1-2-15-11(13)10-9-4-3-8(12-14)5-7(9)6-16-10/h6,8,12,14H,2-5H2,1H3. The van der Waals surface area contributed by atoms with Crippen molar-refractivity contribution in [1.29, 1.82) is 0 Å². The molecule has 0 saturated heterocycles. The van der Waals surface area contributed by atoms with E-state index in [2.05, 4.69) is 5.48 Å². The molecule has 1 atom stereocenters. The molecule has 0 fully saturated rings. The van der Waals surface area contributed by atoms with Gasteiger partial charge in [-0.15, -0.1) is 11.3 Å². The van der Waals surface area contributed by atoms with Crippen LogP contribution in [0.1, 0.15) is 34.1 Å². The highest BCUT2D eigenvalue weighted by Crippen LogP contribution is 2.30. The zero-order valence-corrected chi connectivity index (χ0v) is 9.97. The average molecular weight is 241 g/mol. The van der Waals surface area contributed by atoms with Gasteiger partial charge in [0.25, 0.3) is 0 Å². The lowest BCUT2D eigenvalue weighted by molar-refractivity contribution is 0.0530. The van der Waals surface area contributed by atoms with Crippen LogP contribution in [0.4, 0.5) is 0 Å². The molecule has 1 heterocycles. The molecule has 1 aromatic heterocycles. The van der Waals surface area contributed by atoms with Crippen LogP contribution >= 0.6 is 11.3 Å². The molecule has 4 nitrogen and oxygen atoms in total. The second kappa shape index (κ2) is 4.95. The van der Waals surface area contributed by atoms with Crippen LogP contribution in [0.25, 0.3) is 0 Å². The molecule has 2 rings (SSSR count). The number of nitrogens with one attached hydrogen (secondary N) is 1. The lowest BCUT2D eigenvalue weighted by Crippen LogP contribution is -2.31. The van der Waals surface area contributed by atoms with E-state index < -0.39 is 0 Å². The fourth-order valence-electron chi connectivity index (χ4n) is 2.03. The van der Waals surface area contributed by atoms with E-state index in [9.17, 15) is 4.79 Å². The van der Waals surface area contributed by atoms with E-state index in [1.165, 1.54) is 11.3 Å². The maximum Gasteiger partial charge on any atom is 0.348 e. The highest BCUT2D eigenvalue weighted by atomic mass is 32.1. The van der Waals surface area contributed by atoms with E-state index in [-0.39, 0.29) is 12.0 Å². The van der Waals surface area contributed by atoms with Gasteiger partial charge in [-0.2, -0.15) is 0 Å². The summed E-state index contributed by atoms with van der Waals surface area (Å²) in [5.74, 6) is -0.218. The summed E-state index contributed by atoms with van der Waals surface area (Å²) in [6.07, 6.45) is 2.46. The summed E-state index contributed by atoms with van der Waals surface area (Å²) >= 11 is 1.44. The van der Waals surface area contributed by atoms with E-state index in [1.54, 1.807) is 0 Å². The average Bonchev–Trinajstić information content (AvgIpc) is 2.71. The van der Waals surface area contributed by atoms with Crippen molar-refractivity contribution < 1.29 is 14.7 Å². The summed E-state index contributed by atoms with van der Waals surface area (Å²) in [7, 11) is 0. The molecule has 2 N–H and O–H groups in total. The van der Waals surface area contributed by atoms with Crippen LogP contribution in [0.15, 0.2) is 5.38 Å². The number of thiophene rings is 1. The Labute approximate surface area is 98.2 Å². The highest BCUT2D eigenvalue weighted by Gasteiger charge is 2.25. The number of ether oxygens (including phenoxy) is 1. The van der Waals surface area contributed by atoms with Crippen LogP contribution in [0.5, 0.6) is 0 Å². The van der Waals surface area contributed by atoms with Crippen LogP contribution < -0.4 is 5.48 Å². The van der Waals surface area contributed by atoms with E-state index in [0.717, 1.165) is 35.3 Å². The molecular formula is C11H15NO3S. The fourth-order valence-corrected chi connectivity index (χ4v) is 3.06. The van der Waals surface area contributed by atoms with Gasteiger partial charge in [0.15, 0.2) is 0 Å². The minimum atomic E-state index is -0.218. The first-order valence-electron chi connectivity index (χ1n) is 5.42. The molecule has 16 heavy (non-hydrogen) atoms. The monoisotopic (exact) mass is 241 g/mol. The molecule has 0 aliphatic heterocycles.